The topological polar surface area (TPSA) is 62.1 Å². The van der Waals surface area contributed by atoms with Gasteiger partial charge in [0.25, 0.3) is 5.91 Å². The average Bonchev–Trinajstić information content (AvgIpc) is 2.48. The number of nitriles is 1. The number of rotatable bonds is 4. The van der Waals surface area contributed by atoms with Crippen LogP contribution in [0.25, 0.3) is 0 Å². The number of carbonyl (C=O) groups is 1. The standard InChI is InChI=1S/C15H10BrClN2O2/c16-11-5-6-14(10(7-11)8-18)21-9-15(20)19-13-4-2-1-3-12(13)17/h1-7H,9H2,(H,19,20). The second-order valence-corrected chi connectivity index (χ2v) is 5.39. The van der Waals surface area contributed by atoms with Crippen LogP contribution < -0.4 is 10.1 Å². The molecule has 4 nitrogen and oxygen atoms in total. The number of anilines is 1. The minimum Gasteiger partial charge on any atom is -0.482 e. The van der Waals surface area contributed by atoms with Crippen LogP contribution in [0.4, 0.5) is 5.69 Å². The molecule has 0 aliphatic rings. The fourth-order valence-corrected chi connectivity index (χ4v) is 2.15. The Labute approximate surface area is 135 Å². The molecule has 0 saturated carbocycles. The normalized spacial score (nSPS) is 9.76. The van der Waals surface area contributed by atoms with E-state index in [2.05, 4.69) is 21.2 Å². The predicted octanol–water partition coefficient (Wildman–Crippen LogP) is 3.99. The van der Waals surface area contributed by atoms with E-state index in [1.807, 2.05) is 6.07 Å². The Morgan fingerprint density at radius 1 is 1.33 bits per heavy atom. The van der Waals surface area contributed by atoms with Gasteiger partial charge in [0.15, 0.2) is 6.61 Å². The third-order valence-corrected chi connectivity index (χ3v) is 3.39. The molecule has 0 saturated heterocycles. The smallest absolute Gasteiger partial charge is 0.262 e. The van der Waals surface area contributed by atoms with E-state index in [1.165, 1.54) is 0 Å². The monoisotopic (exact) mass is 364 g/mol. The molecule has 2 aromatic carbocycles. The minimum atomic E-state index is -0.352. The average molecular weight is 366 g/mol. The van der Waals surface area contributed by atoms with Crippen LogP contribution in [0.5, 0.6) is 5.75 Å². The molecule has 0 atom stereocenters. The summed E-state index contributed by atoms with van der Waals surface area (Å²) in [4.78, 5) is 11.8. The maximum Gasteiger partial charge on any atom is 0.262 e. The zero-order valence-corrected chi connectivity index (χ0v) is 13.1. The lowest BCUT2D eigenvalue weighted by atomic mass is 10.2. The third-order valence-electron chi connectivity index (χ3n) is 2.57. The quantitative estimate of drug-likeness (QED) is 0.891. The van der Waals surface area contributed by atoms with Crippen LogP contribution in [0.2, 0.25) is 5.02 Å². The first-order valence-corrected chi connectivity index (χ1v) is 7.14. The van der Waals surface area contributed by atoms with Gasteiger partial charge in [0.05, 0.1) is 16.3 Å². The summed E-state index contributed by atoms with van der Waals surface area (Å²) < 4.78 is 6.13. The molecular formula is C15H10BrClN2O2. The van der Waals surface area contributed by atoms with Crippen LogP contribution in [-0.4, -0.2) is 12.5 Å². The highest BCUT2D eigenvalue weighted by Crippen LogP contribution is 2.23. The summed E-state index contributed by atoms with van der Waals surface area (Å²) in [7, 11) is 0. The van der Waals surface area contributed by atoms with Crippen LogP contribution in [0, 0.1) is 11.3 Å². The van der Waals surface area contributed by atoms with Crippen LogP contribution in [0.15, 0.2) is 46.9 Å². The number of amides is 1. The molecular weight excluding hydrogens is 356 g/mol. The van der Waals surface area contributed by atoms with Crippen molar-refractivity contribution in [1.29, 1.82) is 5.26 Å². The Morgan fingerprint density at radius 3 is 2.81 bits per heavy atom. The summed E-state index contributed by atoms with van der Waals surface area (Å²) in [6.45, 7) is -0.207. The molecule has 1 N–H and O–H groups in total. The summed E-state index contributed by atoms with van der Waals surface area (Å²) in [5, 5.41) is 12.1. The fraction of sp³-hybridized carbons (Fsp3) is 0.0667. The Hall–Kier alpha value is -2.03. The van der Waals surface area contributed by atoms with Crippen molar-refractivity contribution in [2.45, 2.75) is 0 Å². The van der Waals surface area contributed by atoms with Gasteiger partial charge in [-0.3, -0.25) is 4.79 Å². The number of halogens is 2. The molecule has 2 rings (SSSR count). The molecule has 21 heavy (non-hydrogen) atoms. The molecule has 0 spiro atoms. The maximum absolute atomic E-state index is 11.8. The number of nitrogens with one attached hydrogen (secondary N) is 1. The molecule has 2 aromatic rings. The van der Waals surface area contributed by atoms with Crippen molar-refractivity contribution in [3.8, 4) is 11.8 Å². The van der Waals surface area contributed by atoms with Gasteiger partial charge in [-0.1, -0.05) is 39.7 Å². The van der Waals surface area contributed by atoms with Crippen molar-refractivity contribution in [2.75, 3.05) is 11.9 Å². The van der Waals surface area contributed by atoms with E-state index in [9.17, 15) is 4.79 Å². The SMILES string of the molecule is N#Cc1cc(Br)ccc1OCC(=O)Nc1ccccc1Cl. The zero-order valence-electron chi connectivity index (χ0n) is 10.8. The summed E-state index contributed by atoms with van der Waals surface area (Å²) in [6.07, 6.45) is 0. The molecule has 0 aliphatic carbocycles. The van der Waals surface area contributed by atoms with Crippen molar-refractivity contribution in [3.63, 3.8) is 0 Å². The summed E-state index contributed by atoms with van der Waals surface area (Å²) in [5.41, 5.74) is 0.874. The number of benzene rings is 2. The van der Waals surface area contributed by atoms with Crippen LogP contribution in [-0.2, 0) is 4.79 Å². The maximum atomic E-state index is 11.8. The lowest BCUT2D eigenvalue weighted by Gasteiger charge is -2.09. The number of hydrogen-bond acceptors (Lipinski definition) is 3. The van der Waals surface area contributed by atoms with E-state index in [4.69, 9.17) is 21.6 Å². The number of carbonyl (C=O) groups excluding carboxylic acids is 1. The van der Waals surface area contributed by atoms with Gasteiger partial charge in [-0.15, -0.1) is 0 Å². The van der Waals surface area contributed by atoms with Gasteiger partial charge >= 0.3 is 0 Å². The number of nitrogens with zero attached hydrogens (tertiary/aromatic N) is 1. The van der Waals surface area contributed by atoms with Gasteiger partial charge < -0.3 is 10.1 Å². The Morgan fingerprint density at radius 2 is 2.10 bits per heavy atom. The molecule has 0 unspecified atom stereocenters. The summed E-state index contributed by atoms with van der Waals surface area (Å²) >= 11 is 9.22. The fourth-order valence-electron chi connectivity index (χ4n) is 1.61. The molecule has 1 amide bonds. The van der Waals surface area contributed by atoms with Gasteiger partial charge in [0.2, 0.25) is 0 Å². The molecule has 0 radical (unpaired) electrons. The molecule has 0 fully saturated rings. The van der Waals surface area contributed by atoms with Gasteiger partial charge in [0, 0.05) is 4.47 Å². The zero-order chi connectivity index (χ0) is 15.2. The molecule has 0 aromatic heterocycles. The molecule has 106 valence electrons. The van der Waals surface area contributed by atoms with Crippen LogP contribution >= 0.6 is 27.5 Å². The lowest BCUT2D eigenvalue weighted by Crippen LogP contribution is -2.20. The molecule has 0 heterocycles. The van der Waals surface area contributed by atoms with E-state index in [-0.39, 0.29) is 12.5 Å². The van der Waals surface area contributed by atoms with E-state index in [0.717, 1.165) is 4.47 Å². The van der Waals surface area contributed by atoms with Gasteiger partial charge in [-0.05, 0) is 30.3 Å². The lowest BCUT2D eigenvalue weighted by molar-refractivity contribution is -0.118. The highest BCUT2D eigenvalue weighted by atomic mass is 79.9. The Bertz CT molecular complexity index is 713. The van der Waals surface area contributed by atoms with Gasteiger partial charge in [0.1, 0.15) is 11.8 Å². The van der Waals surface area contributed by atoms with E-state index in [0.29, 0.717) is 22.0 Å². The van der Waals surface area contributed by atoms with E-state index >= 15 is 0 Å². The minimum absolute atomic E-state index is 0.207. The second-order valence-electron chi connectivity index (χ2n) is 4.07. The number of ether oxygens (including phenoxy) is 1. The molecule has 6 heteroatoms. The summed E-state index contributed by atoms with van der Waals surface area (Å²) in [5.74, 6) is 0.00455. The first kappa shape index (κ1) is 15.4. The first-order valence-electron chi connectivity index (χ1n) is 5.97. The van der Waals surface area contributed by atoms with E-state index in [1.54, 1.807) is 42.5 Å². The van der Waals surface area contributed by atoms with Crippen molar-refractivity contribution in [1.82, 2.24) is 0 Å². The Balaban J connectivity index is 1.99. The van der Waals surface area contributed by atoms with Crippen molar-refractivity contribution in [2.24, 2.45) is 0 Å². The molecule has 0 aliphatic heterocycles. The van der Waals surface area contributed by atoms with E-state index < -0.39 is 0 Å². The van der Waals surface area contributed by atoms with Crippen molar-refractivity contribution in [3.05, 3.63) is 57.5 Å². The number of para-hydroxylation sites is 1. The van der Waals surface area contributed by atoms with Gasteiger partial charge in [-0.25, -0.2) is 0 Å². The van der Waals surface area contributed by atoms with Crippen LogP contribution in [0.3, 0.4) is 0 Å². The first-order chi connectivity index (χ1) is 10.1. The van der Waals surface area contributed by atoms with Crippen LogP contribution in [0.1, 0.15) is 5.56 Å². The highest BCUT2D eigenvalue weighted by Gasteiger charge is 2.09. The summed E-state index contributed by atoms with van der Waals surface area (Å²) in [6, 6.07) is 13.9. The third kappa shape index (κ3) is 4.22. The molecule has 0 bridgehead atoms. The van der Waals surface area contributed by atoms with Gasteiger partial charge in [-0.2, -0.15) is 5.26 Å². The largest absolute Gasteiger partial charge is 0.482 e. The Kier molecular flexibility index (Phi) is 5.20. The number of hydrogen-bond donors (Lipinski definition) is 1. The van der Waals surface area contributed by atoms with Crippen molar-refractivity contribution >= 4 is 39.1 Å². The van der Waals surface area contributed by atoms with Crippen molar-refractivity contribution < 1.29 is 9.53 Å². The second kappa shape index (κ2) is 7.11. The highest BCUT2D eigenvalue weighted by molar-refractivity contribution is 9.10. The predicted molar refractivity (Wildman–Crippen MR) is 84.4 cm³/mol.